The lowest BCUT2D eigenvalue weighted by atomic mass is 9.92. The number of amides is 1. The Bertz CT molecular complexity index is 585. The van der Waals surface area contributed by atoms with Crippen LogP contribution in [0.1, 0.15) is 31.4 Å². The molecule has 0 saturated carbocycles. The minimum atomic E-state index is -0.648. The van der Waals surface area contributed by atoms with Crippen molar-refractivity contribution in [3.05, 3.63) is 36.0 Å². The fraction of sp³-hybridized carbons (Fsp3) is 0.400. The van der Waals surface area contributed by atoms with Crippen LogP contribution in [0, 0.1) is 18.7 Å². The van der Waals surface area contributed by atoms with Crippen molar-refractivity contribution in [3.63, 3.8) is 0 Å². The van der Waals surface area contributed by atoms with E-state index < -0.39 is 11.9 Å². The summed E-state index contributed by atoms with van der Waals surface area (Å²) in [5.41, 5.74) is 3.26. The Morgan fingerprint density at radius 1 is 1.62 bits per heavy atom. The summed E-state index contributed by atoms with van der Waals surface area (Å²) < 4.78 is 19.7. The third-order valence-corrected chi connectivity index (χ3v) is 3.22. The molecule has 2 unspecified atom stereocenters. The number of halogens is 1. The third kappa shape index (κ3) is 3.39. The number of carbonyl (C=O) groups excluding carboxylic acids is 1. The summed E-state index contributed by atoms with van der Waals surface area (Å²) in [5, 5.41) is 13.1. The van der Waals surface area contributed by atoms with Crippen molar-refractivity contribution in [2.75, 3.05) is 6.61 Å². The summed E-state index contributed by atoms with van der Waals surface area (Å²) in [7, 11) is 0. The molecule has 5 nitrogen and oxygen atoms in total. The van der Waals surface area contributed by atoms with E-state index in [4.69, 9.17) is 4.74 Å². The monoisotopic (exact) mass is 293 g/mol. The number of aliphatic hydroxyl groups is 1. The van der Waals surface area contributed by atoms with Crippen molar-refractivity contribution in [2.24, 2.45) is 11.0 Å². The first kappa shape index (κ1) is 15.4. The number of hydrogen-bond donors (Lipinski definition) is 2. The number of benzene rings is 1. The second kappa shape index (κ2) is 6.22. The van der Waals surface area contributed by atoms with Gasteiger partial charge in [0.2, 0.25) is 5.91 Å². The van der Waals surface area contributed by atoms with Crippen molar-refractivity contribution in [3.8, 4) is 5.75 Å². The van der Waals surface area contributed by atoms with Gasteiger partial charge in [-0.15, -0.1) is 0 Å². The standard InChI is InChI=1S/C15H18FN2O3/c1-8-6-13(20)17-18-15(8)11-4-5-12(10(3)14(11)16)21-7-9(2)19/h4-5,8-9,19H,3,6-7H2,1-2H3,(H,17,20). The lowest BCUT2D eigenvalue weighted by Gasteiger charge is -2.21. The lowest BCUT2D eigenvalue weighted by Crippen LogP contribution is -2.32. The molecule has 2 N–H and O–H groups in total. The Morgan fingerprint density at radius 3 is 2.95 bits per heavy atom. The number of carbonyl (C=O) groups is 1. The molecule has 0 aromatic heterocycles. The van der Waals surface area contributed by atoms with E-state index in [1.807, 2.05) is 6.92 Å². The second-order valence-electron chi connectivity index (χ2n) is 5.20. The summed E-state index contributed by atoms with van der Waals surface area (Å²) in [6, 6.07) is 3.14. The molecule has 6 heteroatoms. The van der Waals surface area contributed by atoms with Crippen molar-refractivity contribution in [1.29, 1.82) is 0 Å². The minimum Gasteiger partial charge on any atom is -0.491 e. The van der Waals surface area contributed by atoms with Gasteiger partial charge in [0.1, 0.15) is 18.2 Å². The summed E-state index contributed by atoms with van der Waals surface area (Å²) in [6.45, 7) is 7.13. The fourth-order valence-electron chi connectivity index (χ4n) is 2.13. The summed E-state index contributed by atoms with van der Waals surface area (Å²) in [4.78, 5) is 11.2. The van der Waals surface area contributed by atoms with Gasteiger partial charge in [-0.25, -0.2) is 9.82 Å². The third-order valence-electron chi connectivity index (χ3n) is 3.22. The minimum absolute atomic E-state index is 0.0642. The summed E-state index contributed by atoms with van der Waals surface area (Å²) in [5.74, 6) is -0.597. The molecule has 0 aliphatic carbocycles. The zero-order valence-electron chi connectivity index (χ0n) is 12.0. The van der Waals surface area contributed by atoms with E-state index in [0.717, 1.165) is 0 Å². The summed E-state index contributed by atoms with van der Waals surface area (Å²) >= 11 is 0. The van der Waals surface area contributed by atoms with Gasteiger partial charge in [0.15, 0.2) is 0 Å². The Kier molecular flexibility index (Phi) is 4.57. The highest BCUT2D eigenvalue weighted by molar-refractivity contribution is 6.06. The van der Waals surface area contributed by atoms with Gasteiger partial charge >= 0.3 is 0 Å². The Balaban J connectivity index is 2.30. The topological polar surface area (TPSA) is 70.9 Å². The highest BCUT2D eigenvalue weighted by atomic mass is 19.1. The van der Waals surface area contributed by atoms with E-state index in [0.29, 0.717) is 11.3 Å². The van der Waals surface area contributed by atoms with Crippen molar-refractivity contribution in [1.82, 2.24) is 5.43 Å². The zero-order valence-corrected chi connectivity index (χ0v) is 12.0. The highest BCUT2D eigenvalue weighted by Crippen LogP contribution is 2.27. The molecule has 0 saturated heterocycles. The molecule has 1 heterocycles. The van der Waals surface area contributed by atoms with E-state index >= 15 is 0 Å². The molecular weight excluding hydrogens is 275 g/mol. The first-order valence-corrected chi connectivity index (χ1v) is 6.72. The van der Waals surface area contributed by atoms with E-state index in [1.165, 1.54) is 0 Å². The van der Waals surface area contributed by atoms with Gasteiger partial charge in [-0.2, -0.15) is 5.10 Å². The normalized spacial score (nSPS) is 19.8. The first-order valence-electron chi connectivity index (χ1n) is 6.72. The van der Waals surface area contributed by atoms with Crippen LogP contribution in [0.5, 0.6) is 5.75 Å². The molecule has 1 aromatic carbocycles. The molecule has 2 atom stereocenters. The number of nitrogens with zero attached hydrogens (tertiary/aromatic N) is 1. The molecule has 1 radical (unpaired) electrons. The maximum atomic E-state index is 14.4. The van der Waals surface area contributed by atoms with Crippen molar-refractivity contribution < 1.29 is 19.0 Å². The smallest absolute Gasteiger partial charge is 0.240 e. The molecule has 1 aliphatic heterocycles. The summed E-state index contributed by atoms with van der Waals surface area (Å²) in [6.07, 6.45) is -0.379. The molecule has 2 rings (SSSR count). The van der Waals surface area contributed by atoms with Gasteiger partial charge in [-0.3, -0.25) is 4.79 Å². The van der Waals surface area contributed by atoms with E-state index in [1.54, 1.807) is 19.1 Å². The number of hydrazone groups is 1. The van der Waals surface area contributed by atoms with Gasteiger partial charge in [0.05, 0.1) is 11.8 Å². The Morgan fingerprint density at radius 2 is 2.33 bits per heavy atom. The Labute approximate surface area is 122 Å². The maximum Gasteiger partial charge on any atom is 0.240 e. The molecule has 0 fully saturated rings. The van der Waals surface area contributed by atoms with Crippen LogP contribution in [0.4, 0.5) is 4.39 Å². The second-order valence-corrected chi connectivity index (χ2v) is 5.20. The van der Waals surface area contributed by atoms with Crippen LogP contribution in [-0.4, -0.2) is 29.4 Å². The lowest BCUT2D eigenvalue weighted by molar-refractivity contribution is -0.121. The first-order chi connectivity index (χ1) is 9.90. The number of nitrogens with one attached hydrogen (secondary N) is 1. The average Bonchev–Trinajstić information content (AvgIpc) is 2.41. The predicted octanol–water partition coefficient (Wildman–Crippen LogP) is 1.63. The van der Waals surface area contributed by atoms with Crippen LogP contribution < -0.4 is 10.2 Å². The predicted molar refractivity (Wildman–Crippen MR) is 76.5 cm³/mol. The number of ether oxygens (including phenoxy) is 1. The molecule has 1 aliphatic rings. The van der Waals surface area contributed by atoms with Crippen molar-refractivity contribution >= 4 is 11.6 Å². The van der Waals surface area contributed by atoms with Crippen LogP contribution in [0.15, 0.2) is 17.2 Å². The Hall–Kier alpha value is -1.95. The van der Waals surface area contributed by atoms with Gasteiger partial charge in [0.25, 0.3) is 0 Å². The number of hydrogen-bond acceptors (Lipinski definition) is 4. The van der Waals surface area contributed by atoms with Crippen LogP contribution in [0.25, 0.3) is 0 Å². The molecular formula is C15H18FN2O3. The quantitative estimate of drug-likeness (QED) is 0.886. The fourth-order valence-corrected chi connectivity index (χ4v) is 2.13. The maximum absolute atomic E-state index is 14.4. The molecule has 0 bridgehead atoms. The number of aliphatic hydroxyl groups excluding tert-OH is 1. The molecule has 113 valence electrons. The SMILES string of the molecule is [CH2]c1c(OCC(C)O)ccc(C2=NNC(=O)CC2C)c1F. The van der Waals surface area contributed by atoms with Gasteiger partial charge in [-0.05, 0) is 26.0 Å². The molecule has 1 aromatic rings. The van der Waals surface area contributed by atoms with Crippen LogP contribution in [0.2, 0.25) is 0 Å². The van der Waals surface area contributed by atoms with Gasteiger partial charge in [0, 0.05) is 23.5 Å². The zero-order chi connectivity index (χ0) is 15.6. The number of rotatable bonds is 4. The van der Waals surface area contributed by atoms with Crippen LogP contribution in [-0.2, 0) is 4.79 Å². The molecule has 21 heavy (non-hydrogen) atoms. The highest BCUT2D eigenvalue weighted by Gasteiger charge is 2.25. The van der Waals surface area contributed by atoms with Gasteiger partial charge in [-0.1, -0.05) is 6.92 Å². The molecule has 0 spiro atoms. The average molecular weight is 293 g/mol. The van der Waals surface area contributed by atoms with E-state index in [9.17, 15) is 14.3 Å². The van der Waals surface area contributed by atoms with Gasteiger partial charge < -0.3 is 9.84 Å². The van der Waals surface area contributed by atoms with E-state index in [-0.39, 0.29) is 36.2 Å². The van der Waals surface area contributed by atoms with Crippen LogP contribution >= 0.6 is 0 Å². The van der Waals surface area contributed by atoms with Crippen molar-refractivity contribution in [2.45, 2.75) is 26.4 Å². The largest absolute Gasteiger partial charge is 0.491 e. The van der Waals surface area contributed by atoms with E-state index in [2.05, 4.69) is 17.5 Å². The molecule has 1 amide bonds. The van der Waals surface area contributed by atoms with Crippen LogP contribution in [0.3, 0.4) is 0 Å².